The van der Waals surface area contributed by atoms with E-state index >= 15 is 0 Å². The molecule has 0 aromatic rings. The molecular formula is C14H27NO3. The van der Waals surface area contributed by atoms with E-state index in [0.717, 1.165) is 52.0 Å². The van der Waals surface area contributed by atoms with Gasteiger partial charge in [-0.2, -0.15) is 0 Å². The minimum Gasteiger partial charge on any atom is -0.396 e. The molecule has 4 nitrogen and oxygen atoms in total. The van der Waals surface area contributed by atoms with Crippen LogP contribution in [-0.4, -0.2) is 62.7 Å². The molecule has 2 fully saturated rings. The van der Waals surface area contributed by atoms with Gasteiger partial charge < -0.3 is 14.6 Å². The summed E-state index contributed by atoms with van der Waals surface area (Å²) in [5.41, 5.74) is 0.0621. The van der Waals surface area contributed by atoms with Gasteiger partial charge in [0.2, 0.25) is 0 Å². The van der Waals surface area contributed by atoms with Crippen molar-refractivity contribution in [2.45, 2.75) is 38.1 Å². The molecule has 0 aliphatic carbocycles. The largest absolute Gasteiger partial charge is 0.396 e. The van der Waals surface area contributed by atoms with Crippen LogP contribution in [0.15, 0.2) is 0 Å². The summed E-state index contributed by atoms with van der Waals surface area (Å²) < 4.78 is 10.6. The fourth-order valence-electron chi connectivity index (χ4n) is 3.34. The monoisotopic (exact) mass is 257 g/mol. The summed E-state index contributed by atoms with van der Waals surface area (Å²) in [7, 11) is 1.74. The summed E-state index contributed by atoms with van der Waals surface area (Å²) in [5, 5.41) is 9.78. The number of methoxy groups -OCH3 is 1. The van der Waals surface area contributed by atoms with Crippen LogP contribution in [0, 0.1) is 5.41 Å². The number of piperidine rings is 1. The lowest BCUT2D eigenvalue weighted by Crippen LogP contribution is -2.51. The van der Waals surface area contributed by atoms with E-state index in [9.17, 15) is 5.11 Å². The molecule has 0 bridgehead atoms. The highest BCUT2D eigenvalue weighted by Crippen LogP contribution is 2.35. The van der Waals surface area contributed by atoms with E-state index in [1.54, 1.807) is 7.11 Å². The molecule has 2 rings (SSSR count). The Morgan fingerprint density at radius 2 is 2.17 bits per heavy atom. The van der Waals surface area contributed by atoms with Crippen molar-refractivity contribution < 1.29 is 14.6 Å². The van der Waals surface area contributed by atoms with Crippen LogP contribution >= 0.6 is 0 Å². The number of hydrogen-bond donors (Lipinski definition) is 1. The van der Waals surface area contributed by atoms with Crippen molar-refractivity contribution in [3.05, 3.63) is 0 Å². The van der Waals surface area contributed by atoms with Crippen LogP contribution in [0.2, 0.25) is 0 Å². The minimum atomic E-state index is 0.0621. The van der Waals surface area contributed by atoms with Crippen LogP contribution in [0.5, 0.6) is 0 Å². The van der Waals surface area contributed by atoms with Crippen molar-refractivity contribution in [3.8, 4) is 0 Å². The predicted molar refractivity (Wildman–Crippen MR) is 70.7 cm³/mol. The Balaban J connectivity index is 1.92. The number of rotatable bonds is 5. The molecule has 2 aliphatic heterocycles. The van der Waals surface area contributed by atoms with Gasteiger partial charge in [0.25, 0.3) is 0 Å². The molecule has 1 unspecified atom stereocenters. The van der Waals surface area contributed by atoms with Crippen molar-refractivity contribution in [3.63, 3.8) is 0 Å². The third-order valence-electron chi connectivity index (χ3n) is 4.57. The smallest absolute Gasteiger partial charge is 0.0500 e. The molecule has 106 valence electrons. The Hall–Kier alpha value is -0.160. The van der Waals surface area contributed by atoms with Crippen molar-refractivity contribution in [2.75, 3.05) is 46.6 Å². The first-order chi connectivity index (χ1) is 8.79. The summed E-state index contributed by atoms with van der Waals surface area (Å²) in [5.74, 6) is 0. The van der Waals surface area contributed by atoms with E-state index in [-0.39, 0.29) is 12.0 Å². The Labute approximate surface area is 110 Å². The fourth-order valence-corrected chi connectivity index (χ4v) is 3.34. The van der Waals surface area contributed by atoms with Crippen LogP contribution in [0.1, 0.15) is 32.1 Å². The molecule has 0 amide bonds. The molecule has 0 aromatic carbocycles. The fraction of sp³-hybridized carbons (Fsp3) is 1.00. The molecule has 2 aliphatic rings. The van der Waals surface area contributed by atoms with Crippen LogP contribution in [0.4, 0.5) is 0 Å². The molecule has 2 heterocycles. The number of nitrogens with zero attached hydrogens (tertiary/aromatic N) is 1. The molecule has 1 atom stereocenters. The number of hydrogen-bond acceptors (Lipinski definition) is 4. The van der Waals surface area contributed by atoms with Gasteiger partial charge in [-0.25, -0.2) is 0 Å². The lowest BCUT2D eigenvalue weighted by molar-refractivity contribution is -0.0339. The maximum Gasteiger partial charge on any atom is 0.0500 e. The Kier molecular flexibility index (Phi) is 5.42. The first kappa shape index (κ1) is 14.3. The quantitative estimate of drug-likeness (QED) is 0.805. The lowest BCUT2D eigenvalue weighted by Gasteiger charge is -2.46. The molecule has 1 N–H and O–H groups in total. The summed E-state index contributed by atoms with van der Waals surface area (Å²) >= 11 is 0. The van der Waals surface area contributed by atoms with Crippen LogP contribution in [-0.2, 0) is 9.47 Å². The first-order valence-corrected chi connectivity index (χ1v) is 7.21. The highest BCUT2D eigenvalue weighted by molar-refractivity contribution is 4.89. The maximum absolute atomic E-state index is 9.78. The molecule has 0 radical (unpaired) electrons. The van der Waals surface area contributed by atoms with Crippen molar-refractivity contribution in [1.29, 1.82) is 0 Å². The van der Waals surface area contributed by atoms with Gasteiger partial charge in [-0.1, -0.05) is 0 Å². The molecule has 0 spiro atoms. The summed E-state index contributed by atoms with van der Waals surface area (Å²) in [6.45, 7) is 5.03. The van der Waals surface area contributed by atoms with Crippen molar-refractivity contribution in [1.82, 2.24) is 4.90 Å². The second-order valence-electron chi connectivity index (χ2n) is 5.82. The van der Waals surface area contributed by atoms with E-state index in [1.165, 1.54) is 13.0 Å². The zero-order valence-electron chi connectivity index (χ0n) is 11.6. The standard InChI is InChI=1S/C14H27NO3/c1-17-10-6-14(12-16)5-2-7-15(11-14)13-3-8-18-9-4-13/h13,16H,2-12H2,1H3. The summed E-state index contributed by atoms with van der Waals surface area (Å²) in [4.78, 5) is 2.58. The van der Waals surface area contributed by atoms with E-state index < -0.39 is 0 Å². The molecule has 0 aromatic heterocycles. The Morgan fingerprint density at radius 3 is 2.83 bits per heavy atom. The zero-order chi connectivity index (χ0) is 12.8. The Bertz CT molecular complexity index is 243. The average Bonchev–Trinajstić information content (AvgIpc) is 2.46. The second-order valence-corrected chi connectivity index (χ2v) is 5.82. The number of aliphatic hydroxyl groups is 1. The van der Waals surface area contributed by atoms with E-state index in [0.29, 0.717) is 6.04 Å². The predicted octanol–water partition coefficient (Wildman–Crippen LogP) is 1.28. The van der Waals surface area contributed by atoms with Gasteiger partial charge in [-0.15, -0.1) is 0 Å². The molecular weight excluding hydrogens is 230 g/mol. The van der Waals surface area contributed by atoms with Crippen LogP contribution in [0.3, 0.4) is 0 Å². The van der Waals surface area contributed by atoms with Crippen LogP contribution in [0.25, 0.3) is 0 Å². The highest BCUT2D eigenvalue weighted by Gasteiger charge is 2.37. The van der Waals surface area contributed by atoms with Gasteiger partial charge in [-0.05, 0) is 38.6 Å². The average molecular weight is 257 g/mol. The molecule has 2 saturated heterocycles. The molecule has 18 heavy (non-hydrogen) atoms. The first-order valence-electron chi connectivity index (χ1n) is 7.21. The van der Waals surface area contributed by atoms with Gasteiger partial charge in [0.05, 0.1) is 6.61 Å². The lowest BCUT2D eigenvalue weighted by atomic mass is 9.77. The van der Waals surface area contributed by atoms with Gasteiger partial charge in [0.15, 0.2) is 0 Å². The normalized spacial score (nSPS) is 31.7. The molecule has 0 saturated carbocycles. The number of likely N-dealkylation sites (tertiary alicyclic amines) is 1. The zero-order valence-corrected chi connectivity index (χ0v) is 11.6. The highest BCUT2D eigenvalue weighted by atomic mass is 16.5. The van der Waals surface area contributed by atoms with E-state index in [1.807, 2.05) is 0 Å². The maximum atomic E-state index is 9.78. The second kappa shape index (κ2) is 6.85. The third-order valence-corrected chi connectivity index (χ3v) is 4.57. The minimum absolute atomic E-state index is 0.0621. The topological polar surface area (TPSA) is 41.9 Å². The SMILES string of the molecule is COCCC1(CO)CCCN(C2CCOCC2)C1. The third kappa shape index (κ3) is 3.44. The van der Waals surface area contributed by atoms with Crippen molar-refractivity contribution in [2.24, 2.45) is 5.41 Å². The Morgan fingerprint density at radius 1 is 1.39 bits per heavy atom. The van der Waals surface area contributed by atoms with Gasteiger partial charge in [0, 0.05) is 44.9 Å². The number of aliphatic hydroxyl groups excluding tert-OH is 1. The van der Waals surface area contributed by atoms with Gasteiger partial charge >= 0.3 is 0 Å². The number of ether oxygens (including phenoxy) is 2. The molecule has 4 heteroatoms. The van der Waals surface area contributed by atoms with Gasteiger partial charge in [0.1, 0.15) is 0 Å². The van der Waals surface area contributed by atoms with E-state index in [4.69, 9.17) is 9.47 Å². The summed E-state index contributed by atoms with van der Waals surface area (Å²) in [6, 6.07) is 0.660. The van der Waals surface area contributed by atoms with Gasteiger partial charge in [-0.3, -0.25) is 4.90 Å². The van der Waals surface area contributed by atoms with Crippen LogP contribution < -0.4 is 0 Å². The van der Waals surface area contributed by atoms with E-state index in [2.05, 4.69) is 4.90 Å². The van der Waals surface area contributed by atoms with Crippen molar-refractivity contribution >= 4 is 0 Å². The summed E-state index contributed by atoms with van der Waals surface area (Å²) in [6.07, 6.45) is 5.59.